The molecule has 0 amide bonds. The standard InChI is InChI=1S/C39H50N18O25P4/c40-22-1-2-54(39(62)47-22)23-3-14(18(7-58)75-23)80-84(66,67)73-9-20-16(5-25(77-20)56-12-45-28-31(56)49-37(42)52-34(28)60)82-86(70,71)74-10-21-17(6-26(78-21)57-13-46-29-32(57)50-38(43)53-35(29)61)81-85(68,69)72-8-19-15(79-83(63,64)65)4-24(76-19)55-11-44-27-30(55)48-36(41)51-33(27)59/h1-2,11-21,23-26,58H,3-10H2,(H,66,67)(H,68,69)(H,70,71)(H2,40,47,62)(H2,63,64,65)(H3,41,48,51,59)(H3,42,49,52,60)(H3,43,50,53,61)/t14-,15-,16-,17-,18+,19+,20+,21+,23+,24+,25+,26+/m0/s1. The minimum atomic E-state index is -5.47. The number of phosphoric acid groups is 4. The average Bonchev–Trinajstić information content (AvgIpc) is 1.80. The Morgan fingerprint density at radius 1 is 0.500 bits per heavy atom. The van der Waals surface area contributed by atoms with Gasteiger partial charge in [-0.3, -0.25) is 79.3 Å². The summed E-state index contributed by atoms with van der Waals surface area (Å²) in [6.07, 6.45) is -14.3. The first kappa shape index (κ1) is 61.0. The van der Waals surface area contributed by atoms with Gasteiger partial charge < -0.3 is 71.5 Å². The predicted molar refractivity (Wildman–Crippen MR) is 281 cm³/mol. The molecule has 4 aliphatic rings. The van der Waals surface area contributed by atoms with Gasteiger partial charge in [0.1, 0.15) is 79.6 Å². The largest absolute Gasteiger partial charge is 0.472 e. The maximum atomic E-state index is 14.1. The number of aliphatic hydroxyl groups is 1. The fourth-order valence-electron chi connectivity index (χ4n) is 9.93. The van der Waals surface area contributed by atoms with Gasteiger partial charge in [-0.05, 0) is 6.07 Å². The highest BCUT2D eigenvalue weighted by Crippen LogP contribution is 2.54. The van der Waals surface area contributed by atoms with Crippen molar-refractivity contribution in [3.05, 3.63) is 72.8 Å². The molecule has 0 aromatic carbocycles. The lowest BCUT2D eigenvalue weighted by molar-refractivity contribution is -0.0621. The lowest BCUT2D eigenvalue weighted by atomic mass is 10.2. The smallest absolute Gasteiger partial charge is 0.394 e. The minimum absolute atomic E-state index is 0.0973. The van der Waals surface area contributed by atoms with Crippen LogP contribution in [0.5, 0.6) is 0 Å². The van der Waals surface area contributed by atoms with E-state index in [-0.39, 0.29) is 70.0 Å². The summed E-state index contributed by atoms with van der Waals surface area (Å²) >= 11 is 0. The monoisotopic (exact) mass is 1290 g/mol. The molecule has 7 aromatic heterocycles. The zero-order chi connectivity index (χ0) is 61.4. The first-order chi connectivity index (χ1) is 40.6. The van der Waals surface area contributed by atoms with Gasteiger partial charge in [0, 0.05) is 31.9 Å². The summed E-state index contributed by atoms with van der Waals surface area (Å²) in [4.78, 5) is 138. The number of H-pyrrole nitrogens is 3. The van der Waals surface area contributed by atoms with Gasteiger partial charge in [0.2, 0.25) is 17.8 Å². The number of ether oxygens (including phenoxy) is 4. The molecular formula is C39H50N18O25P4. The Morgan fingerprint density at radius 3 is 1.16 bits per heavy atom. The molecule has 0 bridgehead atoms. The number of imidazole rings is 3. The molecule has 47 heteroatoms. The molecule has 7 aromatic rings. The van der Waals surface area contributed by atoms with Gasteiger partial charge in [0.15, 0.2) is 33.5 Å². The number of nitrogens with zero attached hydrogens (tertiary/aromatic N) is 11. The van der Waals surface area contributed by atoms with E-state index in [4.69, 9.17) is 73.5 Å². The van der Waals surface area contributed by atoms with Crippen molar-refractivity contribution in [3.63, 3.8) is 0 Å². The molecule has 0 saturated carbocycles. The Labute approximate surface area is 475 Å². The summed E-state index contributed by atoms with van der Waals surface area (Å²) < 4.78 is 120. The Balaban J connectivity index is 0.809. The van der Waals surface area contributed by atoms with E-state index in [0.717, 1.165) is 23.5 Å². The molecule has 15 atom stereocenters. The highest BCUT2D eigenvalue weighted by atomic mass is 31.2. The van der Waals surface area contributed by atoms with E-state index in [1.807, 2.05) is 0 Å². The Morgan fingerprint density at radius 2 is 0.826 bits per heavy atom. The van der Waals surface area contributed by atoms with Crippen molar-refractivity contribution < 1.29 is 98.4 Å². The fraction of sp³-hybridized carbons (Fsp3) is 0.513. The van der Waals surface area contributed by atoms with Gasteiger partial charge in [-0.15, -0.1) is 0 Å². The van der Waals surface area contributed by atoms with Crippen LogP contribution in [0.4, 0.5) is 23.7 Å². The third-order valence-electron chi connectivity index (χ3n) is 13.6. The topological polar surface area (TPSA) is 621 Å². The van der Waals surface area contributed by atoms with E-state index >= 15 is 0 Å². The zero-order valence-electron chi connectivity index (χ0n) is 43.4. The maximum Gasteiger partial charge on any atom is 0.472 e. The van der Waals surface area contributed by atoms with Crippen LogP contribution in [0.1, 0.15) is 50.6 Å². The van der Waals surface area contributed by atoms with Crippen molar-refractivity contribution in [2.45, 2.75) is 99.4 Å². The molecule has 86 heavy (non-hydrogen) atoms. The van der Waals surface area contributed by atoms with Gasteiger partial charge in [0.25, 0.3) is 16.7 Å². The number of hydrogen-bond acceptors (Lipinski definition) is 31. The number of nitrogen functional groups attached to an aromatic ring is 4. The number of fused-ring (bicyclic) bond motifs is 3. The molecule has 11 heterocycles. The molecule has 43 nitrogen and oxygen atoms in total. The van der Waals surface area contributed by atoms with Crippen LogP contribution in [0, 0.1) is 0 Å². The van der Waals surface area contributed by atoms with Gasteiger partial charge >= 0.3 is 37.0 Å². The van der Waals surface area contributed by atoms with Crippen LogP contribution in [0.2, 0.25) is 0 Å². The second kappa shape index (κ2) is 23.5. The van der Waals surface area contributed by atoms with E-state index in [9.17, 15) is 67.0 Å². The molecule has 0 spiro atoms. The van der Waals surface area contributed by atoms with Crippen molar-refractivity contribution >= 4 is 88.4 Å². The highest BCUT2D eigenvalue weighted by molar-refractivity contribution is 7.48. The average molecular weight is 1290 g/mol. The van der Waals surface area contributed by atoms with Crippen LogP contribution in [0.3, 0.4) is 0 Å². The summed E-state index contributed by atoms with van der Waals surface area (Å²) in [6, 6.07) is 1.29. The number of rotatable bonds is 22. The van der Waals surface area contributed by atoms with Crippen LogP contribution >= 0.6 is 31.3 Å². The van der Waals surface area contributed by atoms with Crippen LogP contribution in [-0.4, -0.2) is 173 Å². The van der Waals surface area contributed by atoms with E-state index in [1.54, 1.807) is 0 Å². The molecule has 3 unspecified atom stereocenters. The molecule has 0 radical (unpaired) electrons. The summed E-state index contributed by atoms with van der Waals surface area (Å²) in [7, 11) is -21.4. The normalized spacial score (nSPS) is 28.4. The molecule has 4 fully saturated rings. The van der Waals surface area contributed by atoms with E-state index in [2.05, 4.69) is 49.8 Å². The third-order valence-corrected chi connectivity index (χ3v) is 17.2. The van der Waals surface area contributed by atoms with Gasteiger partial charge in [0.05, 0.1) is 45.4 Å². The van der Waals surface area contributed by atoms with Gasteiger partial charge in [-0.2, -0.15) is 19.9 Å². The molecule has 17 N–H and O–H groups in total. The van der Waals surface area contributed by atoms with Crippen molar-refractivity contribution in [2.24, 2.45) is 0 Å². The van der Waals surface area contributed by atoms with E-state index in [1.165, 1.54) is 26.0 Å². The van der Waals surface area contributed by atoms with Crippen LogP contribution in [0.15, 0.2) is 50.4 Å². The van der Waals surface area contributed by atoms with Gasteiger partial charge in [-0.25, -0.2) is 38.0 Å². The number of nitrogens with two attached hydrogens (primary N) is 4. The number of phosphoric ester groups is 4. The van der Waals surface area contributed by atoms with Crippen molar-refractivity contribution in [2.75, 3.05) is 49.4 Å². The second-order valence-electron chi connectivity index (χ2n) is 19.4. The second-order valence-corrected chi connectivity index (χ2v) is 24.8. The first-order valence-electron chi connectivity index (χ1n) is 25.0. The summed E-state index contributed by atoms with van der Waals surface area (Å²) in [5, 5.41) is 10.1. The number of nitrogens with one attached hydrogen (secondary N) is 3. The Kier molecular flexibility index (Phi) is 16.7. The number of anilines is 4. The number of hydrogen-bond donors (Lipinski definition) is 13. The van der Waals surface area contributed by atoms with Crippen molar-refractivity contribution in [3.8, 4) is 0 Å². The lowest BCUT2D eigenvalue weighted by Gasteiger charge is -2.25. The summed E-state index contributed by atoms with van der Waals surface area (Å²) in [5.41, 5.74) is 18.8. The van der Waals surface area contributed by atoms with Crippen LogP contribution in [0.25, 0.3) is 33.5 Å². The predicted octanol–water partition coefficient (Wildman–Crippen LogP) is -2.90. The third kappa shape index (κ3) is 13.1. The summed E-state index contributed by atoms with van der Waals surface area (Å²) in [5.74, 6) is -1.09. The molecule has 466 valence electrons. The van der Waals surface area contributed by atoms with Crippen molar-refractivity contribution in [1.82, 2.24) is 68.1 Å². The maximum absolute atomic E-state index is 14.1. The van der Waals surface area contributed by atoms with E-state index < -0.39 is 167 Å². The quantitative estimate of drug-likeness (QED) is 0.0303. The Bertz CT molecular complexity index is 4170. The van der Waals surface area contributed by atoms with Crippen molar-refractivity contribution in [1.29, 1.82) is 0 Å². The molecule has 4 aliphatic heterocycles. The lowest BCUT2D eigenvalue weighted by Crippen LogP contribution is -2.31. The molecule has 11 rings (SSSR count). The highest BCUT2D eigenvalue weighted by Gasteiger charge is 2.49. The minimum Gasteiger partial charge on any atom is -0.394 e. The first-order valence-corrected chi connectivity index (χ1v) is 31.1. The number of aromatic amines is 3. The van der Waals surface area contributed by atoms with Gasteiger partial charge in [-0.1, -0.05) is 0 Å². The van der Waals surface area contributed by atoms with Crippen LogP contribution < -0.4 is 45.3 Å². The number of aromatic nitrogens is 14. The zero-order valence-corrected chi connectivity index (χ0v) is 47.0. The number of aliphatic hydroxyl groups excluding tert-OH is 1. The Hall–Kier alpha value is -6.63. The molecular weight excluding hydrogens is 1240 g/mol. The fourth-order valence-corrected chi connectivity index (χ4v) is 13.4. The molecule has 4 saturated heterocycles. The summed E-state index contributed by atoms with van der Waals surface area (Å²) in [6.45, 7) is -3.71. The van der Waals surface area contributed by atoms with E-state index in [0.29, 0.717) is 0 Å². The SMILES string of the molecule is Nc1ccn([C@H]2C[C@H](OP(=O)(O)OC[C@H]3O[C@@H](n4cnc5c(=O)[nH]c(N)nc54)C[C@@H]3OP(=O)(O)OC[C@H]3O[C@@H](n4cnc5c(=O)[nH]c(N)nc54)C[C@@H]3OP(=O)(O)OC[C@H]3O[C@@H](n4cnc5c(=O)[nH]c(N)nc54)C[C@@H]3OP(=O)(O)O)[C@@H](CO)O2)c(=O)n1. The van der Waals surface area contributed by atoms with Crippen LogP contribution in [-0.2, 0) is 68.9 Å². The molecule has 0 aliphatic carbocycles.